The minimum Gasteiger partial charge on any atom is -0.370 e. The molecule has 31 heavy (non-hydrogen) atoms. The van der Waals surface area contributed by atoms with Crippen LogP contribution in [0.2, 0.25) is 0 Å². The van der Waals surface area contributed by atoms with Crippen molar-refractivity contribution in [1.29, 1.82) is 0 Å². The minimum absolute atomic E-state index is 0.365. The number of aromatic nitrogens is 7. The molecule has 154 valence electrons. The largest absolute Gasteiger partial charge is 0.370 e. The van der Waals surface area contributed by atoms with Gasteiger partial charge in [0.1, 0.15) is 23.4 Å². The van der Waals surface area contributed by atoms with Crippen molar-refractivity contribution in [2.75, 3.05) is 18.0 Å². The summed E-state index contributed by atoms with van der Waals surface area (Å²) in [5.41, 5.74) is 4.89. The van der Waals surface area contributed by atoms with Crippen LogP contribution < -0.4 is 4.90 Å². The molecule has 2 N–H and O–H groups in total. The lowest BCUT2D eigenvalue weighted by Gasteiger charge is -2.28. The molecule has 0 saturated carbocycles. The average Bonchev–Trinajstić information content (AvgIpc) is 3.43. The third kappa shape index (κ3) is 3.00. The Bertz CT molecular complexity index is 1390. The molecular weight excluding hydrogens is 395 g/mol. The quantitative estimate of drug-likeness (QED) is 0.461. The molecule has 4 aromatic heterocycles. The number of H-pyrrole nitrogens is 2. The first kappa shape index (κ1) is 17.9. The van der Waals surface area contributed by atoms with Crippen LogP contribution in [0.25, 0.3) is 44.7 Å². The second kappa shape index (κ2) is 7.12. The van der Waals surface area contributed by atoms with Crippen molar-refractivity contribution in [3.05, 3.63) is 48.9 Å². The van der Waals surface area contributed by atoms with E-state index in [4.69, 9.17) is 4.98 Å². The van der Waals surface area contributed by atoms with Gasteiger partial charge in [-0.15, -0.1) is 0 Å². The molecular formula is C22H19FN8. The van der Waals surface area contributed by atoms with Crippen molar-refractivity contribution in [3.63, 3.8) is 0 Å². The van der Waals surface area contributed by atoms with E-state index in [9.17, 15) is 4.39 Å². The summed E-state index contributed by atoms with van der Waals surface area (Å²) in [5.74, 6) is 0.233. The molecule has 6 rings (SSSR count). The van der Waals surface area contributed by atoms with Crippen molar-refractivity contribution in [2.45, 2.75) is 19.3 Å². The van der Waals surface area contributed by atoms with E-state index < -0.39 is 0 Å². The van der Waals surface area contributed by atoms with Crippen molar-refractivity contribution < 1.29 is 4.39 Å². The van der Waals surface area contributed by atoms with Gasteiger partial charge in [0.05, 0.1) is 11.2 Å². The lowest BCUT2D eigenvalue weighted by Crippen LogP contribution is -2.29. The normalized spacial score (nSPS) is 14.5. The highest BCUT2D eigenvalue weighted by Crippen LogP contribution is 2.33. The Morgan fingerprint density at radius 2 is 1.87 bits per heavy atom. The monoisotopic (exact) mass is 414 g/mol. The predicted octanol–water partition coefficient (Wildman–Crippen LogP) is 4.09. The van der Waals surface area contributed by atoms with Gasteiger partial charge >= 0.3 is 0 Å². The number of hydrogen-bond donors (Lipinski definition) is 2. The lowest BCUT2D eigenvalue weighted by atomic mass is 10.0. The topological polar surface area (TPSA) is 99.3 Å². The van der Waals surface area contributed by atoms with Crippen molar-refractivity contribution in [2.24, 2.45) is 0 Å². The van der Waals surface area contributed by atoms with E-state index in [2.05, 4.69) is 35.0 Å². The number of imidazole rings is 1. The molecule has 0 radical (unpaired) electrons. The summed E-state index contributed by atoms with van der Waals surface area (Å²) in [4.78, 5) is 22.9. The van der Waals surface area contributed by atoms with Gasteiger partial charge in [-0.25, -0.2) is 24.3 Å². The molecule has 9 heteroatoms. The van der Waals surface area contributed by atoms with E-state index in [0.29, 0.717) is 33.8 Å². The molecule has 1 aliphatic rings. The van der Waals surface area contributed by atoms with Crippen LogP contribution in [-0.4, -0.2) is 48.2 Å². The smallest absolute Gasteiger partial charge is 0.180 e. The SMILES string of the molecule is Fc1cc2[nH]nc(-c3nc4nccc(N5CCCCC5)c4[nH]3)c2cc1-c1cncnc1. The zero-order chi connectivity index (χ0) is 20.8. The first-order valence-electron chi connectivity index (χ1n) is 10.3. The van der Waals surface area contributed by atoms with Gasteiger partial charge in [-0.1, -0.05) is 0 Å². The highest BCUT2D eigenvalue weighted by atomic mass is 19.1. The number of nitrogens with one attached hydrogen (secondary N) is 2. The van der Waals surface area contributed by atoms with Gasteiger partial charge in [0, 0.05) is 54.3 Å². The van der Waals surface area contributed by atoms with Gasteiger partial charge < -0.3 is 9.88 Å². The molecule has 0 aliphatic carbocycles. The Hall–Kier alpha value is -3.88. The predicted molar refractivity (Wildman–Crippen MR) is 116 cm³/mol. The summed E-state index contributed by atoms with van der Waals surface area (Å²) in [6.45, 7) is 2.06. The molecule has 5 heterocycles. The number of rotatable bonds is 3. The molecule has 0 unspecified atom stereocenters. The fourth-order valence-corrected chi connectivity index (χ4v) is 4.29. The Morgan fingerprint density at radius 3 is 2.71 bits per heavy atom. The van der Waals surface area contributed by atoms with Crippen LogP contribution in [0.3, 0.4) is 0 Å². The standard InChI is InChI=1S/C22H19FN8/c23-16-9-17-15(8-14(16)13-10-24-12-25-11-13)19(30-29-17)22-27-20-18(4-5-26-21(20)28-22)31-6-2-1-3-7-31/h4-5,8-12H,1-3,6-7H2,(H,29,30)(H,26,27,28). The van der Waals surface area contributed by atoms with E-state index in [-0.39, 0.29) is 5.82 Å². The molecule has 5 aromatic rings. The first-order chi connectivity index (χ1) is 15.3. The fraction of sp³-hybridized carbons (Fsp3) is 0.227. The van der Waals surface area contributed by atoms with E-state index >= 15 is 0 Å². The van der Waals surface area contributed by atoms with Crippen LogP contribution in [-0.2, 0) is 0 Å². The van der Waals surface area contributed by atoms with Gasteiger partial charge in [0.2, 0.25) is 0 Å². The minimum atomic E-state index is -0.365. The molecule has 0 spiro atoms. The number of pyridine rings is 1. The second-order valence-corrected chi connectivity index (χ2v) is 7.74. The van der Waals surface area contributed by atoms with Crippen LogP contribution in [0.4, 0.5) is 10.1 Å². The van der Waals surface area contributed by atoms with Crippen molar-refractivity contribution in [3.8, 4) is 22.6 Å². The number of aromatic amines is 2. The first-order valence-corrected chi connectivity index (χ1v) is 10.3. The summed E-state index contributed by atoms with van der Waals surface area (Å²) in [7, 11) is 0. The zero-order valence-electron chi connectivity index (χ0n) is 16.6. The number of piperidine rings is 1. The van der Waals surface area contributed by atoms with E-state index in [1.54, 1.807) is 24.7 Å². The number of fused-ring (bicyclic) bond motifs is 2. The molecule has 1 aromatic carbocycles. The highest BCUT2D eigenvalue weighted by Gasteiger charge is 2.20. The number of benzene rings is 1. The number of anilines is 1. The van der Waals surface area contributed by atoms with Gasteiger partial charge in [-0.05, 0) is 31.4 Å². The molecule has 0 atom stereocenters. The van der Waals surface area contributed by atoms with Crippen LogP contribution in [0.15, 0.2) is 43.1 Å². The number of nitrogens with zero attached hydrogens (tertiary/aromatic N) is 6. The van der Waals surface area contributed by atoms with Crippen molar-refractivity contribution in [1.82, 2.24) is 35.1 Å². The summed E-state index contributed by atoms with van der Waals surface area (Å²) >= 11 is 0. The summed E-state index contributed by atoms with van der Waals surface area (Å²) in [6, 6.07) is 5.23. The lowest BCUT2D eigenvalue weighted by molar-refractivity contribution is 0.578. The Kier molecular flexibility index (Phi) is 4.12. The Morgan fingerprint density at radius 1 is 1.03 bits per heavy atom. The third-order valence-electron chi connectivity index (χ3n) is 5.81. The Labute approximate surface area is 176 Å². The summed E-state index contributed by atoms with van der Waals surface area (Å²) < 4.78 is 14.7. The van der Waals surface area contributed by atoms with Crippen molar-refractivity contribution >= 4 is 27.8 Å². The molecule has 0 amide bonds. The van der Waals surface area contributed by atoms with Crippen LogP contribution in [0.1, 0.15) is 19.3 Å². The maximum absolute atomic E-state index is 14.7. The van der Waals surface area contributed by atoms with Gasteiger partial charge in [0.25, 0.3) is 0 Å². The molecule has 1 aliphatic heterocycles. The molecule has 1 fully saturated rings. The van der Waals surface area contributed by atoms with E-state index in [1.165, 1.54) is 31.7 Å². The number of halogens is 1. The molecule has 8 nitrogen and oxygen atoms in total. The maximum atomic E-state index is 14.7. The fourth-order valence-electron chi connectivity index (χ4n) is 4.29. The molecule has 0 bridgehead atoms. The third-order valence-corrected chi connectivity index (χ3v) is 5.81. The number of hydrogen-bond acceptors (Lipinski definition) is 6. The second-order valence-electron chi connectivity index (χ2n) is 7.74. The maximum Gasteiger partial charge on any atom is 0.180 e. The van der Waals surface area contributed by atoms with Crippen LogP contribution in [0, 0.1) is 5.82 Å². The van der Waals surface area contributed by atoms with E-state index in [0.717, 1.165) is 29.7 Å². The summed E-state index contributed by atoms with van der Waals surface area (Å²) in [5, 5.41) is 8.10. The van der Waals surface area contributed by atoms with Crippen LogP contribution >= 0.6 is 0 Å². The van der Waals surface area contributed by atoms with Gasteiger partial charge in [0.15, 0.2) is 11.5 Å². The van der Waals surface area contributed by atoms with Gasteiger partial charge in [-0.2, -0.15) is 5.10 Å². The zero-order valence-corrected chi connectivity index (χ0v) is 16.6. The molecule has 1 saturated heterocycles. The van der Waals surface area contributed by atoms with Crippen LogP contribution in [0.5, 0.6) is 0 Å². The summed E-state index contributed by atoms with van der Waals surface area (Å²) in [6.07, 6.45) is 10.0. The Balaban J connectivity index is 1.49. The van der Waals surface area contributed by atoms with E-state index in [1.807, 2.05) is 6.07 Å². The average molecular weight is 414 g/mol. The highest BCUT2D eigenvalue weighted by molar-refractivity contribution is 5.96. The van der Waals surface area contributed by atoms with Gasteiger partial charge in [-0.3, -0.25) is 5.10 Å².